The normalized spacial score (nSPS) is 10.4. The van der Waals surface area contributed by atoms with Gasteiger partial charge in [0.25, 0.3) is 0 Å². The fraction of sp³-hybridized carbons (Fsp3) is 0.167. The molecule has 0 bridgehead atoms. The average molecular weight is 185 g/mol. The van der Waals surface area contributed by atoms with Crippen LogP contribution < -0.4 is 4.57 Å². The highest BCUT2D eigenvalue weighted by Gasteiger charge is 2.02. The first kappa shape index (κ1) is 8.88. The molecule has 0 saturated heterocycles. The van der Waals surface area contributed by atoms with Gasteiger partial charge in [0.2, 0.25) is 0 Å². The second-order valence-electron chi connectivity index (χ2n) is 3.53. The molecule has 0 aliphatic heterocycles. The van der Waals surface area contributed by atoms with E-state index < -0.39 is 0 Å². The molecule has 2 aromatic rings. The van der Waals surface area contributed by atoms with E-state index in [0.717, 1.165) is 0 Å². The van der Waals surface area contributed by atoms with Crippen LogP contribution in [0.15, 0.2) is 42.7 Å². The van der Waals surface area contributed by atoms with Gasteiger partial charge < -0.3 is 5.41 Å². The number of nitrogens with one attached hydrogen (secondary N) is 1. The van der Waals surface area contributed by atoms with Crippen molar-refractivity contribution in [2.24, 2.45) is 0 Å². The van der Waals surface area contributed by atoms with E-state index >= 15 is 0 Å². The third-order valence-electron chi connectivity index (χ3n) is 2.17. The van der Waals surface area contributed by atoms with Crippen LogP contribution in [0.5, 0.6) is 0 Å². The lowest BCUT2D eigenvalue weighted by Crippen LogP contribution is -2.35. The van der Waals surface area contributed by atoms with Crippen molar-refractivity contribution in [1.82, 2.24) is 0 Å². The molecule has 1 aromatic heterocycles. The summed E-state index contributed by atoms with van der Waals surface area (Å²) in [5, 5.41) is 9.88. The molecule has 2 rings (SSSR count). The van der Waals surface area contributed by atoms with Crippen LogP contribution in [0, 0.1) is 5.41 Å². The molecular weight excluding hydrogens is 172 g/mol. The number of fused-ring (bicyclic) bond motifs is 1. The second-order valence-corrected chi connectivity index (χ2v) is 3.53. The summed E-state index contributed by atoms with van der Waals surface area (Å²) in [4.78, 5) is 0. The molecule has 0 saturated carbocycles. The zero-order valence-electron chi connectivity index (χ0n) is 8.20. The number of aromatic nitrogens is 1. The Hall–Kier alpha value is -1.70. The number of rotatable bonds is 2. The predicted octanol–water partition coefficient (Wildman–Crippen LogP) is 2.17. The van der Waals surface area contributed by atoms with Gasteiger partial charge in [-0.25, -0.2) is 0 Å². The van der Waals surface area contributed by atoms with Crippen molar-refractivity contribution >= 4 is 16.5 Å². The number of hydrogen-bond acceptors (Lipinski definition) is 1. The summed E-state index contributed by atoms with van der Waals surface area (Å²) < 4.78 is 2.03. The molecule has 1 aromatic carbocycles. The van der Waals surface area contributed by atoms with Gasteiger partial charge in [-0.3, -0.25) is 0 Å². The van der Waals surface area contributed by atoms with Crippen molar-refractivity contribution in [3.63, 3.8) is 0 Å². The Morgan fingerprint density at radius 2 is 1.93 bits per heavy atom. The van der Waals surface area contributed by atoms with Gasteiger partial charge in [0.15, 0.2) is 18.9 Å². The van der Waals surface area contributed by atoms with Crippen LogP contribution in [-0.4, -0.2) is 5.71 Å². The number of nitrogens with zero attached hydrogens (tertiary/aromatic N) is 1. The summed E-state index contributed by atoms with van der Waals surface area (Å²) in [5.41, 5.74) is 0.672. The van der Waals surface area contributed by atoms with Gasteiger partial charge in [-0.1, -0.05) is 18.2 Å². The third-order valence-corrected chi connectivity index (χ3v) is 2.17. The highest BCUT2D eigenvalue weighted by Crippen LogP contribution is 2.09. The molecule has 0 aliphatic carbocycles. The van der Waals surface area contributed by atoms with Crippen molar-refractivity contribution in [3.8, 4) is 0 Å². The monoisotopic (exact) mass is 185 g/mol. The quantitative estimate of drug-likeness (QED) is 0.548. The van der Waals surface area contributed by atoms with Crippen LogP contribution >= 0.6 is 0 Å². The minimum absolute atomic E-state index is 0.671. The van der Waals surface area contributed by atoms with Crippen LogP contribution in [0.4, 0.5) is 0 Å². The van der Waals surface area contributed by atoms with Gasteiger partial charge in [-0.15, -0.1) is 0 Å². The first-order valence-electron chi connectivity index (χ1n) is 4.67. The molecule has 0 atom stereocenters. The SMILES string of the molecule is CC(=N)C[n+]1ccc2ccccc2c1. The molecule has 14 heavy (non-hydrogen) atoms. The molecule has 0 spiro atoms. The van der Waals surface area contributed by atoms with Crippen molar-refractivity contribution in [2.45, 2.75) is 13.5 Å². The smallest absolute Gasteiger partial charge is 0.185 e. The Morgan fingerprint density at radius 3 is 2.64 bits per heavy atom. The van der Waals surface area contributed by atoms with Crippen molar-refractivity contribution in [1.29, 1.82) is 5.41 Å². The van der Waals surface area contributed by atoms with E-state index in [9.17, 15) is 0 Å². The van der Waals surface area contributed by atoms with Crippen molar-refractivity contribution in [2.75, 3.05) is 0 Å². The molecule has 2 heteroatoms. The Labute approximate surface area is 83.3 Å². The number of hydrogen-bond donors (Lipinski definition) is 1. The molecule has 2 nitrogen and oxygen atoms in total. The van der Waals surface area contributed by atoms with Crippen molar-refractivity contribution < 1.29 is 4.57 Å². The Balaban J connectivity index is 2.46. The summed E-state index contributed by atoms with van der Waals surface area (Å²) in [6, 6.07) is 10.3. The molecule has 0 fully saturated rings. The van der Waals surface area contributed by atoms with E-state index in [2.05, 4.69) is 24.4 Å². The average Bonchev–Trinajstić information content (AvgIpc) is 2.17. The molecule has 0 amide bonds. The summed E-state index contributed by atoms with van der Waals surface area (Å²) in [6.45, 7) is 2.49. The van der Waals surface area contributed by atoms with Gasteiger partial charge in [0, 0.05) is 11.5 Å². The van der Waals surface area contributed by atoms with Crippen LogP contribution in [0.1, 0.15) is 6.92 Å². The Bertz CT molecular complexity index is 474. The minimum Gasteiger partial charge on any atom is -0.303 e. The Morgan fingerprint density at radius 1 is 1.21 bits per heavy atom. The van der Waals surface area contributed by atoms with Crippen LogP contribution in [-0.2, 0) is 6.54 Å². The largest absolute Gasteiger partial charge is 0.303 e. The lowest BCUT2D eigenvalue weighted by atomic mass is 10.2. The van der Waals surface area contributed by atoms with E-state index in [-0.39, 0.29) is 0 Å². The summed E-state index contributed by atoms with van der Waals surface area (Å²) in [7, 11) is 0. The topological polar surface area (TPSA) is 27.7 Å². The lowest BCUT2D eigenvalue weighted by molar-refractivity contribution is -0.680. The number of benzene rings is 1. The molecule has 70 valence electrons. The fourth-order valence-electron chi connectivity index (χ4n) is 1.55. The van der Waals surface area contributed by atoms with Gasteiger partial charge >= 0.3 is 0 Å². The first-order valence-corrected chi connectivity index (χ1v) is 4.67. The first-order chi connectivity index (χ1) is 6.75. The van der Waals surface area contributed by atoms with Gasteiger partial charge in [-0.05, 0) is 18.4 Å². The fourth-order valence-corrected chi connectivity index (χ4v) is 1.55. The second kappa shape index (κ2) is 3.58. The summed E-state index contributed by atoms with van der Waals surface area (Å²) in [6.07, 6.45) is 4.09. The van der Waals surface area contributed by atoms with Gasteiger partial charge in [-0.2, -0.15) is 4.57 Å². The van der Waals surface area contributed by atoms with Gasteiger partial charge in [0.05, 0.1) is 5.71 Å². The van der Waals surface area contributed by atoms with Gasteiger partial charge in [0.1, 0.15) is 0 Å². The summed E-state index contributed by atoms with van der Waals surface area (Å²) in [5.74, 6) is 0. The van der Waals surface area contributed by atoms with E-state index in [4.69, 9.17) is 5.41 Å². The van der Waals surface area contributed by atoms with Crippen molar-refractivity contribution in [3.05, 3.63) is 42.7 Å². The predicted molar refractivity (Wildman–Crippen MR) is 57.5 cm³/mol. The molecule has 0 unspecified atom stereocenters. The zero-order valence-corrected chi connectivity index (χ0v) is 8.20. The molecule has 0 aliphatic rings. The highest BCUT2D eigenvalue weighted by atomic mass is 14.9. The van der Waals surface area contributed by atoms with E-state index in [1.807, 2.05) is 29.8 Å². The zero-order chi connectivity index (χ0) is 9.97. The van der Waals surface area contributed by atoms with E-state index in [0.29, 0.717) is 12.3 Å². The maximum Gasteiger partial charge on any atom is 0.185 e. The van der Waals surface area contributed by atoms with Crippen LogP contribution in [0.2, 0.25) is 0 Å². The molecular formula is C12H13N2+. The maximum absolute atomic E-state index is 7.42. The third kappa shape index (κ3) is 1.79. The van der Waals surface area contributed by atoms with Crippen LogP contribution in [0.25, 0.3) is 10.8 Å². The van der Waals surface area contributed by atoms with Crippen LogP contribution in [0.3, 0.4) is 0 Å². The Kier molecular flexibility index (Phi) is 2.27. The molecule has 1 N–H and O–H groups in total. The van der Waals surface area contributed by atoms with E-state index in [1.165, 1.54) is 10.8 Å². The highest BCUT2D eigenvalue weighted by molar-refractivity contribution is 5.80. The lowest BCUT2D eigenvalue weighted by Gasteiger charge is -1.97. The standard InChI is InChI=1S/C12H13N2/c1-10(13)8-14-7-6-11-4-2-3-5-12(11)9-14/h2-7,9,13H,8H2,1H3/q+1. The molecule has 1 heterocycles. The maximum atomic E-state index is 7.42. The number of pyridine rings is 1. The molecule has 0 radical (unpaired) electrons. The minimum atomic E-state index is 0.671. The van der Waals surface area contributed by atoms with E-state index in [1.54, 1.807) is 0 Å². The summed E-state index contributed by atoms with van der Waals surface area (Å²) >= 11 is 0.